The fourth-order valence-electron chi connectivity index (χ4n) is 2.41. The molecule has 0 amide bonds. The molecule has 5 heteroatoms. The van der Waals surface area contributed by atoms with Crippen LogP contribution in [0.15, 0.2) is 24.3 Å². The largest absolute Gasteiger partial charge is 0.438 e. The fourth-order valence-corrected chi connectivity index (χ4v) is 3.48. The van der Waals surface area contributed by atoms with Crippen LogP contribution in [0.1, 0.15) is 40.0 Å². The van der Waals surface area contributed by atoms with E-state index in [0.29, 0.717) is 29.4 Å². The number of nitrogens with zero attached hydrogens (tertiary/aromatic N) is 2. The first-order valence-electron chi connectivity index (χ1n) is 7.55. The SMILES string of the molecule is CCC(=O)c1ccc(Oc2nc(C)nc3sc(C)c(C)c23)cc1. The van der Waals surface area contributed by atoms with Gasteiger partial charge in [-0.2, -0.15) is 4.98 Å². The number of Topliss-reactive ketones (excluding diaryl/α,β-unsaturated/α-hetero) is 1. The molecule has 0 fully saturated rings. The minimum atomic E-state index is 0.126. The molecule has 0 aliphatic carbocycles. The lowest BCUT2D eigenvalue weighted by molar-refractivity contribution is 0.0988. The van der Waals surface area contributed by atoms with Crippen LogP contribution >= 0.6 is 11.3 Å². The molecule has 1 aromatic carbocycles. The summed E-state index contributed by atoms with van der Waals surface area (Å²) in [7, 11) is 0. The van der Waals surface area contributed by atoms with Crippen LogP contribution in [-0.4, -0.2) is 15.8 Å². The quantitative estimate of drug-likeness (QED) is 0.633. The molecule has 0 saturated heterocycles. The molecule has 4 nitrogen and oxygen atoms in total. The van der Waals surface area contributed by atoms with Crippen molar-refractivity contribution in [2.24, 2.45) is 0 Å². The molecule has 2 aromatic heterocycles. The van der Waals surface area contributed by atoms with Gasteiger partial charge in [0.1, 0.15) is 16.4 Å². The molecule has 0 aliphatic rings. The van der Waals surface area contributed by atoms with Gasteiger partial charge < -0.3 is 4.74 Å². The van der Waals surface area contributed by atoms with Gasteiger partial charge in [-0.25, -0.2) is 4.98 Å². The van der Waals surface area contributed by atoms with Crippen molar-refractivity contribution in [3.05, 3.63) is 46.1 Å². The highest BCUT2D eigenvalue weighted by molar-refractivity contribution is 7.18. The summed E-state index contributed by atoms with van der Waals surface area (Å²) in [6.07, 6.45) is 0.499. The van der Waals surface area contributed by atoms with Crippen molar-refractivity contribution in [3.8, 4) is 11.6 Å². The number of carbonyl (C=O) groups excluding carboxylic acids is 1. The molecular weight excluding hydrogens is 308 g/mol. The smallest absolute Gasteiger partial charge is 0.231 e. The van der Waals surface area contributed by atoms with Gasteiger partial charge in [-0.05, 0) is 50.6 Å². The van der Waals surface area contributed by atoms with Gasteiger partial charge in [0.25, 0.3) is 0 Å². The Bertz CT molecular complexity index is 882. The van der Waals surface area contributed by atoms with E-state index < -0.39 is 0 Å². The van der Waals surface area contributed by atoms with Crippen LogP contribution in [0.5, 0.6) is 11.6 Å². The predicted molar refractivity (Wildman–Crippen MR) is 92.8 cm³/mol. The van der Waals surface area contributed by atoms with Gasteiger partial charge in [-0.1, -0.05) is 6.92 Å². The number of fused-ring (bicyclic) bond motifs is 1. The second kappa shape index (κ2) is 6.08. The summed E-state index contributed by atoms with van der Waals surface area (Å²) in [6.45, 7) is 7.85. The van der Waals surface area contributed by atoms with E-state index in [2.05, 4.69) is 23.8 Å². The standard InChI is InChI=1S/C18H18N2O2S/c1-5-15(21)13-6-8-14(9-7-13)22-17-16-10(2)11(3)23-18(16)20-12(4)19-17/h6-9H,5H2,1-4H3. The molecule has 0 spiro atoms. The van der Waals surface area contributed by atoms with Gasteiger partial charge in [0, 0.05) is 16.9 Å². The average Bonchev–Trinajstić information content (AvgIpc) is 2.81. The summed E-state index contributed by atoms with van der Waals surface area (Å²) in [5.74, 6) is 2.05. The van der Waals surface area contributed by atoms with Gasteiger partial charge in [0.05, 0.1) is 5.39 Å². The highest BCUT2D eigenvalue weighted by Gasteiger charge is 2.15. The van der Waals surface area contributed by atoms with Crippen molar-refractivity contribution < 1.29 is 9.53 Å². The van der Waals surface area contributed by atoms with Crippen molar-refractivity contribution >= 4 is 27.3 Å². The number of ether oxygens (including phenoxy) is 1. The molecule has 0 atom stereocenters. The molecule has 118 valence electrons. The van der Waals surface area contributed by atoms with Crippen LogP contribution in [0.3, 0.4) is 0 Å². The number of ketones is 1. The summed E-state index contributed by atoms with van der Waals surface area (Å²) in [4.78, 5) is 22.8. The zero-order valence-electron chi connectivity index (χ0n) is 13.6. The number of hydrogen-bond acceptors (Lipinski definition) is 5. The predicted octanol–water partition coefficient (Wildman–Crippen LogP) is 5.00. The topological polar surface area (TPSA) is 52.1 Å². The Hall–Kier alpha value is -2.27. The van der Waals surface area contributed by atoms with Crippen molar-refractivity contribution in [1.82, 2.24) is 9.97 Å². The van der Waals surface area contributed by atoms with Crippen LogP contribution in [0, 0.1) is 20.8 Å². The van der Waals surface area contributed by atoms with Crippen molar-refractivity contribution in [2.45, 2.75) is 34.1 Å². The fraction of sp³-hybridized carbons (Fsp3) is 0.278. The Kier molecular flexibility index (Phi) is 4.13. The maximum Gasteiger partial charge on any atom is 0.231 e. The van der Waals surface area contributed by atoms with Crippen LogP contribution < -0.4 is 4.74 Å². The van der Waals surface area contributed by atoms with E-state index in [1.807, 2.05) is 13.8 Å². The molecule has 0 bridgehead atoms. The molecule has 0 N–H and O–H groups in total. The van der Waals surface area contributed by atoms with E-state index in [1.165, 1.54) is 4.88 Å². The average molecular weight is 326 g/mol. The Morgan fingerprint density at radius 3 is 2.48 bits per heavy atom. The third-order valence-electron chi connectivity index (χ3n) is 3.82. The van der Waals surface area contributed by atoms with Gasteiger partial charge in [0.15, 0.2) is 5.78 Å². The molecule has 0 radical (unpaired) electrons. The lowest BCUT2D eigenvalue weighted by Crippen LogP contribution is -1.97. The first-order chi connectivity index (χ1) is 11.0. The monoisotopic (exact) mass is 326 g/mol. The van der Waals surface area contributed by atoms with Gasteiger partial charge in [-0.15, -0.1) is 11.3 Å². The number of carbonyl (C=O) groups is 1. The maximum absolute atomic E-state index is 11.7. The molecule has 3 aromatic rings. The van der Waals surface area contributed by atoms with Crippen LogP contribution in [0.4, 0.5) is 0 Å². The lowest BCUT2D eigenvalue weighted by Gasteiger charge is -2.08. The number of benzene rings is 1. The molecule has 0 saturated carbocycles. The second-order valence-electron chi connectivity index (χ2n) is 5.44. The van der Waals surface area contributed by atoms with E-state index in [-0.39, 0.29) is 5.78 Å². The Labute approximate surface area is 139 Å². The van der Waals surface area contributed by atoms with E-state index >= 15 is 0 Å². The Balaban J connectivity index is 1.99. The normalized spacial score (nSPS) is 11.0. The third kappa shape index (κ3) is 2.97. The first-order valence-corrected chi connectivity index (χ1v) is 8.36. The van der Waals surface area contributed by atoms with Gasteiger partial charge in [0.2, 0.25) is 5.88 Å². The van der Waals surface area contributed by atoms with E-state index in [0.717, 1.165) is 15.8 Å². The number of aromatic nitrogens is 2. The summed E-state index contributed by atoms with van der Waals surface area (Å²) in [6, 6.07) is 7.19. The summed E-state index contributed by atoms with van der Waals surface area (Å²) in [5, 5.41) is 0.965. The van der Waals surface area contributed by atoms with Crippen molar-refractivity contribution in [1.29, 1.82) is 0 Å². The number of hydrogen-bond donors (Lipinski definition) is 0. The van der Waals surface area contributed by atoms with E-state index in [4.69, 9.17) is 4.74 Å². The van der Waals surface area contributed by atoms with Crippen molar-refractivity contribution in [2.75, 3.05) is 0 Å². The summed E-state index contributed by atoms with van der Waals surface area (Å²) >= 11 is 1.65. The minimum Gasteiger partial charge on any atom is -0.438 e. The Morgan fingerprint density at radius 1 is 1.13 bits per heavy atom. The van der Waals surface area contributed by atoms with Gasteiger partial charge in [-0.3, -0.25) is 4.79 Å². The molecule has 3 rings (SSSR count). The summed E-state index contributed by atoms with van der Waals surface area (Å²) in [5.41, 5.74) is 1.85. The van der Waals surface area contributed by atoms with Gasteiger partial charge >= 0.3 is 0 Å². The van der Waals surface area contributed by atoms with Crippen LogP contribution in [-0.2, 0) is 0 Å². The number of aryl methyl sites for hydroxylation is 3. The molecule has 23 heavy (non-hydrogen) atoms. The molecular formula is C18H18N2O2S. The van der Waals surface area contributed by atoms with E-state index in [1.54, 1.807) is 35.6 Å². The molecule has 0 aliphatic heterocycles. The first kappa shape index (κ1) is 15.6. The van der Waals surface area contributed by atoms with Crippen LogP contribution in [0.2, 0.25) is 0 Å². The number of rotatable bonds is 4. The second-order valence-corrected chi connectivity index (χ2v) is 6.65. The minimum absolute atomic E-state index is 0.126. The lowest BCUT2D eigenvalue weighted by atomic mass is 10.1. The zero-order chi connectivity index (χ0) is 16.6. The highest BCUT2D eigenvalue weighted by atomic mass is 32.1. The maximum atomic E-state index is 11.7. The molecule has 0 unspecified atom stereocenters. The zero-order valence-corrected chi connectivity index (χ0v) is 14.5. The Morgan fingerprint density at radius 2 is 1.83 bits per heavy atom. The number of thiophene rings is 1. The molecule has 2 heterocycles. The van der Waals surface area contributed by atoms with Crippen LogP contribution in [0.25, 0.3) is 10.2 Å². The summed E-state index contributed by atoms with van der Waals surface area (Å²) < 4.78 is 5.98. The van der Waals surface area contributed by atoms with E-state index in [9.17, 15) is 4.79 Å². The third-order valence-corrected chi connectivity index (χ3v) is 4.92. The highest BCUT2D eigenvalue weighted by Crippen LogP contribution is 2.36. The van der Waals surface area contributed by atoms with Crippen molar-refractivity contribution in [3.63, 3.8) is 0 Å².